The van der Waals surface area contributed by atoms with Crippen LogP contribution < -0.4 is 20.3 Å². The summed E-state index contributed by atoms with van der Waals surface area (Å²) in [5.74, 6) is 0.256. The minimum absolute atomic E-state index is 0.0677. The van der Waals surface area contributed by atoms with Crippen molar-refractivity contribution in [1.82, 2.24) is 19.9 Å². The second-order valence-electron chi connectivity index (χ2n) is 9.24. The van der Waals surface area contributed by atoms with Crippen LogP contribution >= 0.6 is 12.2 Å². The predicted octanol–water partition coefficient (Wildman–Crippen LogP) is 4.65. The molecule has 1 fully saturated rings. The number of pyridine rings is 2. The Labute approximate surface area is 232 Å². The molecule has 1 aromatic carbocycles. The molecule has 0 saturated carbocycles. The van der Waals surface area contributed by atoms with Crippen molar-refractivity contribution in [2.75, 3.05) is 31.0 Å². The molecule has 1 amide bonds. The number of hydrogen-bond acceptors (Lipinski definition) is 6. The molecule has 0 bridgehead atoms. The summed E-state index contributed by atoms with van der Waals surface area (Å²) in [6.45, 7) is 4.12. The zero-order valence-corrected chi connectivity index (χ0v) is 23.0. The molecule has 4 heterocycles. The Morgan fingerprint density at radius 2 is 1.92 bits per heavy atom. The van der Waals surface area contributed by atoms with E-state index in [-0.39, 0.29) is 24.6 Å². The minimum atomic E-state index is -0.280. The molecule has 2 N–H and O–H groups in total. The second-order valence-corrected chi connectivity index (χ2v) is 9.62. The summed E-state index contributed by atoms with van der Waals surface area (Å²) in [6.07, 6.45) is 5.41. The number of thiocarbonyl (C=S) groups is 1. The molecule has 1 aliphatic rings. The second kappa shape index (κ2) is 11.2. The maximum atomic E-state index is 12.4. The van der Waals surface area contributed by atoms with E-state index in [9.17, 15) is 4.79 Å². The molecule has 0 radical (unpaired) electrons. The number of ether oxygens (including phenoxy) is 2. The van der Waals surface area contributed by atoms with Gasteiger partial charge < -0.3 is 29.6 Å². The number of nitrogens with one attached hydrogen (secondary N) is 2. The van der Waals surface area contributed by atoms with E-state index in [0.29, 0.717) is 16.5 Å². The fraction of sp³-hybridized carbons (Fsp3) is 0.241. The molecule has 4 aromatic rings. The van der Waals surface area contributed by atoms with E-state index in [1.165, 1.54) is 7.11 Å². The van der Waals surface area contributed by atoms with Gasteiger partial charge in [0.1, 0.15) is 12.4 Å². The normalized spacial score (nSPS) is 16.7. The number of benzene rings is 1. The van der Waals surface area contributed by atoms with Gasteiger partial charge in [0, 0.05) is 36.6 Å². The number of carbonyl (C=O) groups is 1. The van der Waals surface area contributed by atoms with E-state index in [4.69, 9.17) is 21.7 Å². The van der Waals surface area contributed by atoms with Gasteiger partial charge in [0.05, 0.1) is 42.5 Å². The van der Waals surface area contributed by atoms with Crippen molar-refractivity contribution >= 4 is 34.6 Å². The number of aryl methyl sites for hydroxylation is 1. The average Bonchev–Trinajstić information content (AvgIpc) is 3.44. The molecule has 0 aliphatic carbocycles. The lowest BCUT2D eigenvalue weighted by Gasteiger charge is -2.29. The van der Waals surface area contributed by atoms with Crippen LogP contribution in [0.1, 0.15) is 34.7 Å². The monoisotopic (exact) mass is 542 g/mol. The van der Waals surface area contributed by atoms with Crippen molar-refractivity contribution in [3.8, 4) is 11.4 Å². The van der Waals surface area contributed by atoms with E-state index in [0.717, 1.165) is 34.0 Å². The maximum Gasteiger partial charge on any atom is 0.250 e. The number of anilines is 2. The Kier molecular flexibility index (Phi) is 7.58. The lowest BCUT2D eigenvalue weighted by Crippen LogP contribution is -2.29. The summed E-state index contributed by atoms with van der Waals surface area (Å²) in [5.41, 5.74) is 6.44. The number of rotatable bonds is 8. The molecule has 2 atom stereocenters. The van der Waals surface area contributed by atoms with Crippen molar-refractivity contribution in [1.29, 1.82) is 0 Å². The lowest BCUT2D eigenvalue weighted by atomic mass is 9.96. The fourth-order valence-electron chi connectivity index (χ4n) is 5.18. The van der Waals surface area contributed by atoms with Gasteiger partial charge in [-0.25, -0.2) is 0 Å². The van der Waals surface area contributed by atoms with Crippen molar-refractivity contribution in [2.45, 2.75) is 25.9 Å². The van der Waals surface area contributed by atoms with Crippen LogP contribution in [0.5, 0.6) is 5.75 Å². The highest BCUT2D eigenvalue weighted by atomic mass is 32.1. The minimum Gasteiger partial charge on any atom is -0.495 e. The topological polar surface area (TPSA) is 93.5 Å². The highest BCUT2D eigenvalue weighted by Crippen LogP contribution is 2.45. The zero-order chi connectivity index (χ0) is 27.5. The van der Waals surface area contributed by atoms with E-state index in [2.05, 4.69) is 50.0 Å². The van der Waals surface area contributed by atoms with Crippen LogP contribution in [0, 0.1) is 13.8 Å². The number of amides is 1. The molecule has 39 heavy (non-hydrogen) atoms. The molecule has 5 rings (SSSR count). The Morgan fingerprint density at radius 1 is 1.08 bits per heavy atom. The summed E-state index contributed by atoms with van der Waals surface area (Å²) in [4.78, 5) is 23.4. The van der Waals surface area contributed by atoms with Gasteiger partial charge in [-0.1, -0.05) is 6.07 Å². The van der Waals surface area contributed by atoms with Crippen molar-refractivity contribution in [3.63, 3.8) is 0 Å². The van der Waals surface area contributed by atoms with E-state index < -0.39 is 0 Å². The average molecular weight is 543 g/mol. The van der Waals surface area contributed by atoms with Crippen LogP contribution in [0.25, 0.3) is 5.69 Å². The number of methoxy groups -OCH3 is 2. The first-order valence-corrected chi connectivity index (χ1v) is 12.9. The molecule has 200 valence electrons. The third kappa shape index (κ3) is 5.08. The largest absolute Gasteiger partial charge is 0.495 e. The highest BCUT2D eigenvalue weighted by molar-refractivity contribution is 7.80. The smallest absolute Gasteiger partial charge is 0.250 e. The number of aromatic nitrogens is 3. The Balaban J connectivity index is 1.64. The number of carbonyl (C=O) groups excluding carboxylic acids is 1. The predicted molar refractivity (Wildman–Crippen MR) is 154 cm³/mol. The van der Waals surface area contributed by atoms with Crippen molar-refractivity contribution < 1.29 is 14.3 Å². The van der Waals surface area contributed by atoms with E-state index in [1.807, 2.05) is 54.7 Å². The SMILES string of the molecule is COCC(=O)Nc1cc(N2C(=S)NC(c3ccccn3)C2c2cc(C)n(-c3cccnc3)c2C)ccc1OC. The summed E-state index contributed by atoms with van der Waals surface area (Å²) in [6, 6.07) is 17.2. The van der Waals surface area contributed by atoms with Crippen molar-refractivity contribution in [2.24, 2.45) is 0 Å². The van der Waals surface area contributed by atoms with E-state index >= 15 is 0 Å². The van der Waals surface area contributed by atoms with Crippen LogP contribution in [0.4, 0.5) is 11.4 Å². The summed E-state index contributed by atoms with van der Waals surface area (Å²) in [7, 11) is 3.04. The van der Waals surface area contributed by atoms with Gasteiger partial charge in [-0.05, 0) is 80.2 Å². The number of hydrogen-bond donors (Lipinski definition) is 2. The summed E-state index contributed by atoms with van der Waals surface area (Å²) >= 11 is 5.92. The lowest BCUT2D eigenvalue weighted by molar-refractivity contribution is -0.119. The quantitative estimate of drug-likeness (QED) is 0.311. The molecular formula is C29H30N6O3S. The fourth-order valence-corrected chi connectivity index (χ4v) is 5.53. The van der Waals surface area contributed by atoms with Gasteiger partial charge in [-0.15, -0.1) is 0 Å². The van der Waals surface area contributed by atoms with Crippen LogP contribution in [0.15, 0.2) is 73.2 Å². The van der Waals surface area contributed by atoms with Crippen LogP contribution in [0.2, 0.25) is 0 Å². The zero-order valence-electron chi connectivity index (χ0n) is 22.2. The first-order chi connectivity index (χ1) is 18.9. The summed E-state index contributed by atoms with van der Waals surface area (Å²) < 4.78 is 12.7. The number of nitrogens with zero attached hydrogens (tertiary/aromatic N) is 4. The third-order valence-electron chi connectivity index (χ3n) is 6.80. The van der Waals surface area contributed by atoms with Crippen LogP contribution in [-0.4, -0.2) is 46.4 Å². The standard InChI is InChI=1S/C29H30N6O3S/c1-18-14-22(19(2)34(18)21-8-7-12-30-16-21)28-27(23-9-5-6-13-31-23)33-29(39)35(28)20-10-11-25(38-4)24(15-20)32-26(36)17-37-3/h5-16,27-28H,17H2,1-4H3,(H,32,36)(H,33,39). The molecule has 0 spiro atoms. The summed E-state index contributed by atoms with van der Waals surface area (Å²) in [5, 5.41) is 6.95. The molecule has 1 saturated heterocycles. The Bertz CT molecular complexity index is 1490. The molecule has 1 aliphatic heterocycles. The van der Waals surface area contributed by atoms with Gasteiger partial charge in [0.2, 0.25) is 5.91 Å². The van der Waals surface area contributed by atoms with Gasteiger partial charge in [0.15, 0.2) is 5.11 Å². The van der Waals surface area contributed by atoms with E-state index in [1.54, 1.807) is 19.5 Å². The first kappa shape index (κ1) is 26.3. The molecule has 3 aromatic heterocycles. The van der Waals surface area contributed by atoms with Crippen LogP contribution in [0.3, 0.4) is 0 Å². The Morgan fingerprint density at radius 3 is 2.62 bits per heavy atom. The van der Waals surface area contributed by atoms with Gasteiger partial charge >= 0.3 is 0 Å². The maximum absolute atomic E-state index is 12.4. The third-order valence-corrected chi connectivity index (χ3v) is 7.12. The van der Waals surface area contributed by atoms with Gasteiger partial charge in [-0.2, -0.15) is 0 Å². The molecule has 10 heteroatoms. The molecule has 2 unspecified atom stereocenters. The first-order valence-electron chi connectivity index (χ1n) is 12.5. The molecule has 9 nitrogen and oxygen atoms in total. The van der Waals surface area contributed by atoms with Crippen LogP contribution in [-0.2, 0) is 9.53 Å². The van der Waals surface area contributed by atoms with Gasteiger partial charge in [0.25, 0.3) is 0 Å². The molecular weight excluding hydrogens is 512 g/mol. The Hall–Kier alpha value is -4.28. The highest BCUT2D eigenvalue weighted by Gasteiger charge is 2.42. The van der Waals surface area contributed by atoms with Crippen molar-refractivity contribution in [3.05, 3.63) is 95.8 Å². The van der Waals surface area contributed by atoms with Gasteiger partial charge in [-0.3, -0.25) is 14.8 Å².